The van der Waals surface area contributed by atoms with Crippen LogP contribution in [0.5, 0.6) is 11.5 Å². The first kappa shape index (κ1) is 19.7. The van der Waals surface area contributed by atoms with E-state index in [4.69, 9.17) is 19.4 Å². The Morgan fingerprint density at radius 2 is 1.60 bits per heavy atom. The molecule has 1 aromatic heterocycles. The van der Waals surface area contributed by atoms with Gasteiger partial charge in [0.15, 0.2) is 11.5 Å². The SMILES string of the molecule is COc1cccc(CNc2nc(C(C)c3ccccc3)nc3ccccc23)c1OC. The van der Waals surface area contributed by atoms with E-state index in [2.05, 4.69) is 24.4 Å². The summed E-state index contributed by atoms with van der Waals surface area (Å²) in [4.78, 5) is 9.73. The lowest BCUT2D eigenvalue weighted by Gasteiger charge is -2.16. The van der Waals surface area contributed by atoms with Crippen LogP contribution >= 0.6 is 0 Å². The third-order valence-corrected chi connectivity index (χ3v) is 5.24. The molecular formula is C25H25N3O2. The molecule has 1 atom stereocenters. The molecule has 0 amide bonds. The molecule has 1 unspecified atom stereocenters. The van der Waals surface area contributed by atoms with Crippen LogP contribution < -0.4 is 14.8 Å². The third kappa shape index (κ3) is 3.92. The monoisotopic (exact) mass is 399 g/mol. The topological polar surface area (TPSA) is 56.3 Å². The maximum absolute atomic E-state index is 5.57. The predicted octanol–water partition coefficient (Wildman–Crippen LogP) is 5.41. The molecule has 0 bridgehead atoms. The Morgan fingerprint density at radius 3 is 2.37 bits per heavy atom. The minimum absolute atomic E-state index is 0.0858. The second kappa shape index (κ2) is 8.82. The lowest BCUT2D eigenvalue weighted by molar-refractivity contribution is 0.352. The average molecular weight is 399 g/mol. The van der Waals surface area contributed by atoms with Crippen molar-refractivity contribution in [1.29, 1.82) is 0 Å². The van der Waals surface area contributed by atoms with Gasteiger partial charge in [0.25, 0.3) is 0 Å². The Bertz CT molecular complexity index is 1150. The smallest absolute Gasteiger partial charge is 0.165 e. The highest BCUT2D eigenvalue weighted by Crippen LogP contribution is 2.32. The number of nitrogens with zero attached hydrogens (tertiary/aromatic N) is 2. The molecule has 0 saturated heterocycles. The molecule has 0 aliphatic carbocycles. The molecule has 0 saturated carbocycles. The zero-order valence-corrected chi connectivity index (χ0v) is 17.4. The quantitative estimate of drug-likeness (QED) is 0.450. The van der Waals surface area contributed by atoms with Crippen LogP contribution in [0.25, 0.3) is 10.9 Å². The number of nitrogens with one attached hydrogen (secondary N) is 1. The fourth-order valence-electron chi connectivity index (χ4n) is 3.59. The van der Waals surface area contributed by atoms with Crippen LogP contribution in [0.15, 0.2) is 72.8 Å². The molecule has 1 N–H and O–H groups in total. The minimum Gasteiger partial charge on any atom is -0.493 e. The standard InChI is InChI=1S/C25H25N3O2/c1-17(18-10-5-4-6-11-18)24-27-21-14-8-7-13-20(21)25(28-24)26-16-19-12-9-15-22(29-2)23(19)30-3/h4-15,17H,16H2,1-3H3,(H,26,27,28). The average Bonchev–Trinajstić information content (AvgIpc) is 2.82. The highest BCUT2D eigenvalue weighted by Gasteiger charge is 2.16. The van der Waals surface area contributed by atoms with Crippen LogP contribution in [0.1, 0.15) is 29.8 Å². The van der Waals surface area contributed by atoms with Crippen molar-refractivity contribution in [2.75, 3.05) is 19.5 Å². The molecule has 0 radical (unpaired) electrons. The molecule has 0 aliphatic rings. The van der Waals surface area contributed by atoms with E-state index >= 15 is 0 Å². The number of aromatic nitrogens is 2. The molecule has 4 rings (SSSR count). The van der Waals surface area contributed by atoms with Gasteiger partial charge in [0, 0.05) is 23.4 Å². The van der Waals surface area contributed by atoms with Gasteiger partial charge in [-0.25, -0.2) is 9.97 Å². The molecule has 4 aromatic rings. The van der Waals surface area contributed by atoms with Gasteiger partial charge in [-0.3, -0.25) is 0 Å². The summed E-state index contributed by atoms with van der Waals surface area (Å²) >= 11 is 0. The van der Waals surface area contributed by atoms with Gasteiger partial charge >= 0.3 is 0 Å². The highest BCUT2D eigenvalue weighted by atomic mass is 16.5. The molecule has 5 nitrogen and oxygen atoms in total. The van der Waals surface area contributed by atoms with E-state index in [0.29, 0.717) is 12.3 Å². The number of fused-ring (bicyclic) bond motifs is 1. The van der Waals surface area contributed by atoms with Crippen LogP contribution in [0, 0.1) is 0 Å². The van der Waals surface area contributed by atoms with E-state index in [1.807, 2.05) is 60.7 Å². The first-order chi connectivity index (χ1) is 14.7. The molecular weight excluding hydrogens is 374 g/mol. The first-order valence-corrected chi connectivity index (χ1v) is 9.96. The van der Waals surface area contributed by atoms with E-state index < -0.39 is 0 Å². The Balaban J connectivity index is 1.70. The number of para-hydroxylation sites is 2. The van der Waals surface area contributed by atoms with Crippen molar-refractivity contribution in [2.24, 2.45) is 0 Å². The summed E-state index contributed by atoms with van der Waals surface area (Å²) < 4.78 is 11.0. The maximum atomic E-state index is 5.57. The molecule has 1 heterocycles. The van der Waals surface area contributed by atoms with Crippen molar-refractivity contribution in [3.05, 3.63) is 89.7 Å². The number of hydrogen-bond donors (Lipinski definition) is 1. The second-order valence-corrected chi connectivity index (χ2v) is 7.09. The molecule has 30 heavy (non-hydrogen) atoms. The van der Waals surface area contributed by atoms with E-state index in [1.165, 1.54) is 5.56 Å². The van der Waals surface area contributed by atoms with E-state index in [-0.39, 0.29) is 5.92 Å². The van der Waals surface area contributed by atoms with Crippen molar-refractivity contribution in [3.8, 4) is 11.5 Å². The minimum atomic E-state index is 0.0858. The summed E-state index contributed by atoms with van der Waals surface area (Å²) in [5.41, 5.74) is 3.11. The Labute approximate surface area is 176 Å². The zero-order valence-electron chi connectivity index (χ0n) is 17.4. The van der Waals surface area contributed by atoms with Gasteiger partial charge in [-0.2, -0.15) is 0 Å². The Kier molecular flexibility index (Phi) is 5.80. The summed E-state index contributed by atoms with van der Waals surface area (Å²) in [6.45, 7) is 2.69. The summed E-state index contributed by atoms with van der Waals surface area (Å²) in [6, 6.07) is 24.3. The van der Waals surface area contributed by atoms with Gasteiger partial charge in [0.1, 0.15) is 11.6 Å². The lowest BCUT2D eigenvalue weighted by atomic mass is 10.0. The van der Waals surface area contributed by atoms with Crippen molar-refractivity contribution < 1.29 is 9.47 Å². The van der Waals surface area contributed by atoms with Crippen molar-refractivity contribution in [1.82, 2.24) is 9.97 Å². The number of hydrogen-bond acceptors (Lipinski definition) is 5. The van der Waals surface area contributed by atoms with Crippen LogP contribution in [0.2, 0.25) is 0 Å². The van der Waals surface area contributed by atoms with Crippen LogP contribution in [0.4, 0.5) is 5.82 Å². The molecule has 3 aromatic carbocycles. The predicted molar refractivity (Wildman–Crippen MR) is 120 cm³/mol. The summed E-state index contributed by atoms with van der Waals surface area (Å²) in [5, 5.41) is 4.48. The molecule has 0 spiro atoms. The van der Waals surface area contributed by atoms with E-state index in [9.17, 15) is 0 Å². The Hall–Kier alpha value is -3.60. The van der Waals surface area contributed by atoms with Crippen LogP contribution in [-0.4, -0.2) is 24.2 Å². The number of anilines is 1. The first-order valence-electron chi connectivity index (χ1n) is 9.96. The number of ether oxygens (including phenoxy) is 2. The molecule has 5 heteroatoms. The maximum Gasteiger partial charge on any atom is 0.165 e. The van der Waals surface area contributed by atoms with Gasteiger partial charge in [0.05, 0.1) is 19.7 Å². The summed E-state index contributed by atoms with van der Waals surface area (Å²) in [7, 11) is 3.30. The normalized spacial score (nSPS) is 11.8. The van der Waals surface area contributed by atoms with Gasteiger partial charge in [-0.15, -0.1) is 0 Å². The fourth-order valence-corrected chi connectivity index (χ4v) is 3.59. The largest absolute Gasteiger partial charge is 0.493 e. The van der Waals surface area contributed by atoms with Crippen molar-refractivity contribution in [3.63, 3.8) is 0 Å². The lowest BCUT2D eigenvalue weighted by Crippen LogP contribution is -2.09. The van der Waals surface area contributed by atoms with Gasteiger partial charge in [-0.05, 0) is 23.8 Å². The van der Waals surface area contributed by atoms with Crippen LogP contribution in [-0.2, 0) is 6.54 Å². The molecule has 0 aliphatic heterocycles. The number of benzene rings is 3. The van der Waals surface area contributed by atoms with Gasteiger partial charge < -0.3 is 14.8 Å². The summed E-state index contributed by atoms with van der Waals surface area (Å²) in [6.07, 6.45) is 0. The number of methoxy groups -OCH3 is 2. The highest BCUT2D eigenvalue weighted by molar-refractivity contribution is 5.89. The summed E-state index contributed by atoms with van der Waals surface area (Å²) in [5.74, 6) is 3.12. The number of rotatable bonds is 7. The van der Waals surface area contributed by atoms with Crippen LogP contribution in [0.3, 0.4) is 0 Å². The molecule has 0 fully saturated rings. The second-order valence-electron chi connectivity index (χ2n) is 7.09. The van der Waals surface area contributed by atoms with Gasteiger partial charge in [0.2, 0.25) is 0 Å². The molecule has 152 valence electrons. The fraction of sp³-hybridized carbons (Fsp3) is 0.200. The zero-order chi connectivity index (χ0) is 20.9. The van der Waals surface area contributed by atoms with Crippen molar-refractivity contribution in [2.45, 2.75) is 19.4 Å². The van der Waals surface area contributed by atoms with Crippen molar-refractivity contribution >= 4 is 16.7 Å². The third-order valence-electron chi connectivity index (χ3n) is 5.24. The Morgan fingerprint density at radius 1 is 0.833 bits per heavy atom. The van der Waals surface area contributed by atoms with E-state index in [0.717, 1.165) is 33.9 Å². The van der Waals surface area contributed by atoms with Gasteiger partial charge in [-0.1, -0.05) is 61.5 Å². The van der Waals surface area contributed by atoms with E-state index in [1.54, 1.807) is 14.2 Å².